The molecule has 15 rings (SSSR count). The molecule has 3 saturated heterocycles. The lowest BCUT2D eigenvalue weighted by atomic mass is 10.0. The highest BCUT2D eigenvalue weighted by Gasteiger charge is 2.40. The van der Waals surface area contributed by atoms with Gasteiger partial charge in [-0.05, 0) is 124 Å². The Morgan fingerprint density at radius 1 is 0.409 bits per heavy atom. The van der Waals surface area contributed by atoms with E-state index in [1.807, 2.05) is 67.5 Å². The zero-order valence-corrected chi connectivity index (χ0v) is 78.7. The third-order valence-corrected chi connectivity index (χ3v) is 25.4. The van der Waals surface area contributed by atoms with E-state index in [9.17, 15) is 75.3 Å². The van der Waals surface area contributed by atoms with Crippen LogP contribution in [-0.4, -0.2) is 154 Å². The third-order valence-electron chi connectivity index (χ3n) is 23.8. The molecule has 3 amide bonds. The van der Waals surface area contributed by atoms with Gasteiger partial charge in [0.05, 0.1) is 122 Å². The molecule has 0 aliphatic carbocycles. The fraction of sp³-hybridized carbons (Fsp3) is 0.274. The third kappa shape index (κ3) is 17.5. The van der Waals surface area contributed by atoms with Crippen LogP contribution in [0.4, 0.5) is 78.0 Å². The number of aryl methyl sites for hydroxylation is 3. The number of hydrogen-bond acceptors (Lipinski definition) is 21. The summed E-state index contributed by atoms with van der Waals surface area (Å²) in [5.41, 5.74) is 12.1. The van der Waals surface area contributed by atoms with Gasteiger partial charge in [0.1, 0.15) is 56.9 Å². The monoisotopic (exact) mass is 1980 g/mol. The van der Waals surface area contributed by atoms with Crippen LogP contribution in [0.2, 0.25) is 25.1 Å². The molecule has 2 atom stereocenters. The van der Waals surface area contributed by atoms with Crippen LogP contribution in [0.1, 0.15) is 124 Å². The lowest BCUT2D eigenvalue weighted by molar-refractivity contribution is -0.130. The first kappa shape index (κ1) is 100. The zero-order valence-electron chi connectivity index (χ0n) is 74.9. The predicted octanol–water partition coefficient (Wildman–Crippen LogP) is 17.9. The molecule has 3 fully saturated rings. The predicted molar refractivity (Wildman–Crippen MR) is 506 cm³/mol. The van der Waals surface area contributed by atoms with Gasteiger partial charge in [0, 0.05) is 112 Å². The number of anilines is 6. The number of carbonyl (C=O) groups is 3. The van der Waals surface area contributed by atoms with Crippen LogP contribution >= 0.6 is 58.0 Å². The van der Waals surface area contributed by atoms with Crippen molar-refractivity contribution in [2.75, 3.05) is 97.3 Å². The number of rotatable bonds is 15. The Bertz CT molecular complexity index is 7120. The van der Waals surface area contributed by atoms with Gasteiger partial charge in [-0.1, -0.05) is 119 Å². The van der Waals surface area contributed by atoms with Crippen molar-refractivity contribution in [3.63, 3.8) is 0 Å². The first-order chi connectivity index (χ1) is 64.8. The van der Waals surface area contributed by atoms with Gasteiger partial charge in [-0.3, -0.25) is 57.4 Å². The fourth-order valence-corrected chi connectivity index (χ4v) is 18.5. The molecule has 708 valence electrons. The van der Waals surface area contributed by atoms with Gasteiger partial charge in [0.15, 0.2) is 58.2 Å². The number of nitrogens with zero attached hydrogens (tertiary/aromatic N) is 18. The van der Waals surface area contributed by atoms with Crippen molar-refractivity contribution in [3.05, 3.63) is 258 Å². The Kier molecular flexibility index (Phi) is 29.0. The molecule has 3 aliphatic heterocycles. The molecule has 3 aliphatic rings. The van der Waals surface area contributed by atoms with Gasteiger partial charge in [0.25, 0.3) is 16.7 Å². The van der Waals surface area contributed by atoms with Crippen molar-refractivity contribution in [2.45, 2.75) is 106 Å². The van der Waals surface area contributed by atoms with E-state index in [-0.39, 0.29) is 201 Å². The summed E-state index contributed by atoms with van der Waals surface area (Å²) < 4.78 is 151. The summed E-state index contributed by atoms with van der Waals surface area (Å²) in [4.78, 5) is 117. The standard InChI is InChI=1S/C33H30Cl2F3N7O2.C31H26Cl2F3N7O2.C31H26ClF4N7O2/c1-7-21(46)44-16(5)12-43(13-17(44)6)31-18-10-20(34)29(22-23(35)27(40)26(38)25(37)24(22)36)42-32(18)45(33(47)19(31)11-39)30-15(4)8-9-41-28(30)14(2)3;1-5-19(44)41-8-10-42(11-9-41)29-16-12-18(32)27(20-22(34)21(33)23(35)24(36)25(20)38)40-30(16)43(31(45)17(29)13-37)28-15(4)6-7-39-26(28)14(2)3;1-5-19(44)41-8-10-42(11-9-41)29-16-12-18(32)27(20-21(33)22(34)23(35)24(36)25(20)38)40-30(16)43(31(45)17(29)13-37)28-15(4)6-7-39-26(28)14(2)3/h7-10,14,16-17H,1,12-13,40H2,2-6H3;2*5-7,12,14H,1,8-11,38H2,2-4H3/t16-,17+;;. The van der Waals surface area contributed by atoms with E-state index in [4.69, 9.17) is 75.2 Å². The zero-order chi connectivity index (χ0) is 100. The maximum Gasteiger partial charge on any atom is 0.276 e. The summed E-state index contributed by atoms with van der Waals surface area (Å²) >= 11 is 32.0. The Morgan fingerprint density at radius 2 is 0.701 bits per heavy atom. The minimum Gasteiger partial charge on any atom is -0.396 e. The molecule has 0 bridgehead atoms. The number of aromatic nitrogens is 9. The SMILES string of the molecule is C=CC(=O)N1CCN(c2c(C#N)c(=O)n(-c3c(C)ccnc3C(C)C)c3nc(-c4c(N)c(F)c(F)c(Cl)c4F)c(Cl)cc23)CC1.C=CC(=O)N1CCN(c2c(C#N)c(=O)n(-c3c(C)ccnc3C(C)C)c3nc(-c4c(N)c(F)c(F)c(F)c4F)c(Cl)cc23)CC1.C=CC(=O)N1[C@H](C)CN(c2c(C#N)c(=O)n(-c3c(C)ccnc3C(C)C)c3nc(-c4c(F)c(F)c(F)c(N)c4Cl)c(Cl)cc23)C[C@@H]1C. The first-order valence-electron chi connectivity index (χ1n) is 42.2. The molecule has 0 radical (unpaired) electrons. The number of benzene rings is 3. The quantitative estimate of drug-likeness (QED) is 0.0282. The van der Waals surface area contributed by atoms with Crippen molar-refractivity contribution >= 4 is 143 Å². The van der Waals surface area contributed by atoms with Crippen LogP contribution in [0.15, 0.2) is 107 Å². The summed E-state index contributed by atoms with van der Waals surface area (Å²) in [6, 6.07) is 14.4. The van der Waals surface area contributed by atoms with E-state index in [1.54, 1.807) is 87.0 Å². The van der Waals surface area contributed by atoms with Crippen LogP contribution in [0, 0.1) is 113 Å². The van der Waals surface area contributed by atoms with E-state index in [0.29, 0.717) is 45.1 Å². The van der Waals surface area contributed by atoms with Crippen LogP contribution in [0.3, 0.4) is 0 Å². The summed E-state index contributed by atoms with van der Waals surface area (Å²) in [6.45, 7) is 33.1. The molecule has 12 heterocycles. The van der Waals surface area contributed by atoms with Crippen molar-refractivity contribution in [3.8, 4) is 69.0 Å². The number of nitrogen functional groups attached to an aromatic ring is 3. The van der Waals surface area contributed by atoms with Crippen molar-refractivity contribution in [2.24, 2.45) is 0 Å². The highest BCUT2D eigenvalue weighted by atomic mass is 35.5. The normalized spacial score (nSPS) is 14.5. The number of pyridine rings is 9. The summed E-state index contributed by atoms with van der Waals surface area (Å²) in [7, 11) is 0. The molecular weight excluding hydrogens is 1900 g/mol. The molecular formula is C95H82Cl5F10N21O6. The van der Waals surface area contributed by atoms with Gasteiger partial charge in [0.2, 0.25) is 17.7 Å². The molecule has 137 heavy (non-hydrogen) atoms. The second-order valence-electron chi connectivity index (χ2n) is 33.3. The average Bonchev–Trinajstić information content (AvgIpc) is 0.729. The summed E-state index contributed by atoms with van der Waals surface area (Å²) in [5, 5.41) is 29.2. The number of nitrogens with two attached hydrogens (primary N) is 3. The molecule has 27 nitrogen and oxygen atoms in total. The Balaban J connectivity index is 0.000000174. The minimum absolute atomic E-state index is 0.0735. The molecule has 0 saturated carbocycles. The maximum absolute atomic E-state index is 15.4. The van der Waals surface area contributed by atoms with Crippen molar-refractivity contribution < 1.29 is 58.3 Å². The summed E-state index contributed by atoms with van der Waals surface area (Å²) in [6.07, 6.45) is 8.34. The van der Waals surface area contributed by atoms with Gasteiger partial charge in [-0.15, -0.1) is 0 Å². The highest BCUT2D eigenvalue weighted by Crippen LogP contribution is 2.48. The Hall–Kier alpha value is -14.2. The smallest absolute Gasteiger partial charge is 0.276 e. The highest BCUT2D eigenvalue weighted by molar-refractivity contribution is 6.38. The van der Waals surface area contributed by atoms with E-state index in [0.717, 1.165) is 4.57 Å². The van der Waals surface area contributed by atoms with Crippen LogP contribution in [-0.2, 0) is 14.4 Å². The molecule has 42 heteroatoms. The molecule has 12 aromatic rings. The lowest BCUT2D eigenvalue weighted by Crippen LogP contribution is -2.58. The van der Waals surface area contributed by atoms with E-state index >= 15 is 13.2 Å². The molecule has 3 aromatic carbocycles. The Labute approximate surface area is 800 Å². The van der Waals surface area contributed by atoms with Crippen LogP contribution in [0.25, 0.3) is 83.9 Å². The topological polar surface area (TPSA) is 363 Å². The van der Waals surface area contributed by atoms with Crippen molar-refractivity contribution in [1.29, 1.82) is 15.8 Å². The molecule has 9 aromatic heterocycles. The van der Waals surface area contributed by atoms with Gasteiger partial charge in [-0.25, -0.2) is 58.9 Å². The number of amides is 3. The average molecular weight is 1980 g/mol. The minimum atomic E-state index is -2.12. The fourth-order valence-electron chi connectivity index (χ4n) is 17.3. The maximum atomic E-state index is 15.4. The van der Waals surface area contributed by atoms with Crippen LogP contribution < -0.4 is 48.6 Å². The molecule has 6 N–H and O–H groups in total. The molecule has 0 spiro atoms. The van der Waals surface area contributed by atoms with Crippen molar-refractivity contribution in [1.82, 2.24) is 58.3 Å². The second kappa shape index (κ2) is 39.6. The largest absolute Gasteiger partial charge is 0.396 e. The number of carbonyl (C=O) groups excluding carboxylic acids is 3. The second-order valence-corrected chi connectivity index (χ2v) is 35.2. The van der Waals surface area contributed by atoms with E-state index < -0.39 is 136 Å². The van der Waals surface area contributed by atoms with Gasteiger partial charge < -0.3 is 46.6 Å². The Morgan fingerprint density at radius 3 is 1.03 bits per heavy atom. The number of hydrogen-bond donors (Lipinski definition) is 3. The number of halogens is 15. The molecule has 0 unspecified atom stereocenters. The van der Waals surface area contributed by atoms with Gasteiger partial charge in [-0.2, -0.15) is 15.8 Å². The van der Waals surface area contributed by atoms with Gasteiger partial charge >= 0.3 is 0 Å². The van der Waals surface area contributed by atoms with E-state index in [2.05, 4.69) is 55.7 Å². The number of piperazine rings is 3. The van der Waals surface area contributed by atoms with E-state index in [1.165, 1.54) is 45.6 Å². The number of fused-ring (bicyclic) bond motifs is 3. The first-order valence-corrected chi connectivity index (χ1v) is 44.0. The van der Waals surface area contributed by atoms with Crippen LogP contribution in [0.5, 0.6) is 0 Å². The lowest BCUT2D eigenvalue weighted by Gasteiger charge is -2.45. The summed E-state index contributed by atoms with van der Waals surface area (Å²) in [5.74, 6) is -19.2. The number of nitriles is 3.